The molecular formula is C10H13BrN2O3. The van der Waals surface area contributed by atoms with Gasteiger partial charge in [-0.1, -0.05) is 0 Å². The maximum Gasteiger partial charge on any atom is 0.216 e. The number of hydrogen-bond donors (Lipinski definition) is 3. The zero-order valence-corrected chi connectivity index (χ0v) is 10.3. The van der Waals surface area contributed by atoms with Crippen molar-refractivity contribution in [1.82, 2.24) is 10.3 Å². The second-order valence-electron chi connectivity index (χ2n) is 3.35. The minimum absolute atomic E-state index is 0.00522. The first kappa shape index (κ1) is 13.1. The Bertz CT molecular complexity index is 373. The summed E-state index contributed by atoms with van der Waals surface area (Å²) >= 11 is 3.22. The number of carbonyl (C=O) groups is 1. The quantitative estimate of drug-likeness (QED) is 0.748. The molecule has 1 aromatic rings. The smallest absolute Gasteiger partial charge is 0.216 e. The molecule has 0 radical (unpaired) electrons. The predicted molar refractivity (Wildman–Crippen MR) is 61.6 cm³/mol. The first-order valence-electron chi connectivity index (χ1n) is 4.72. The Hall–Kier alpha value is -0.980. The van der Waals surface area contributed by atoms with Crippen LogP contribution in [0.2, 0.25) is 0 Å². The molecule has 5 nitrogen and oxygen atoms in total. The number of halogens is 1. The van der Waals surface area contributed by atoms with Crippen molar-refractivity contribution in [2.45, 2.75) is 19.1 Å². The van der Waals surface area contributed by atoms with Crippen molar-refractivity contribution in [1.29, 1.82) is 0 Å². The van der Waals surface area contributed by atoms with Crippen LogP contribution in [0.5, 0.6) is 0 Å². The Labute approximate surface area is 102 Å². The number of aliphatic hydroxyl groups excluding tert-OH is 2. The van der Waals surface area contributed by atoms with E-state index in [1.54, 1.807) is 6.07 Å². The molecule has 0 saturated heterocycles. The van der Waals surface area contributed by atoms with Crippen molar-refractivity contribution < 1.29 is 15.0 Å². The third kappa shape index (κ3) is 3.55. The molecule has 88 valence electrons. The summed E-state index contributed by atoms with van der Waals surface area (Å²) in [5, 5.41) is 21.9. The van der Waals surface area contributed by atoms with Gasteiger partial charge in [0.05, 0.1) is 0 Å². The van der Waals surface area contributed by atoms with Crippen molar-refractivity contribution in [2.24, 2.45) is 0 Å². The molecule has 0 spiro atoms. The molecule has 1 heterocycles. The van der Waals surface area contributed by atoms with E-state index in [1.807, 2.05) is 0 Å². The van der Waals surface area contributed by atoms with Crippen LogP contribution < -0.4 is 5.32 Å². The second kappa shape index (κ2) is 5.93. The summed E-state index contributed by atoms with van der Waals surface area (Å²) < 4.78 is 0.615. The van der Waals surface area contributed by atoms with E-state index in [0.29, 0.717) is 10.0 Å². The first-order chi connectivity index (χ1) is 7.52. The lowest BCUT2D eigenvalue weighted by atomic mass is 10.1. The zero-order chi connectivity index (χ0) is 12.1. The Kier molecular flexibility index (Phi) is 4.85. The van der Waals surface area contributed by atoms with E-state index in [1.165, 1.54) is 19.3 Å². The minimum Gasteiger partial charge on any atom is -0.388 e. The van der Waals surface area contributed by atoms with Gasteiger partial charge in [0.15, 0.2) is 0 Å². The fourth-order valence-electron chi connectivity index (χ4n) is 1.19. The number of pyridine rings is 1. The highest BCUT2D eigenvalue weighted by molar-refractivity contribution is 9.10. The van der Waals surface area contributed by atoms with E-state index < -0.39 is 12.2 Å². The van der Waals surface area contributed by atoms with Crippen LogP contribution in [0.4, 0.5) is 0 Å². The van der Waals surface area contributed by atoms with Crippen LogP contribution in [0.3, 0.4) is 0 Å². The molecule has 1 amide bonds. The summed E-state index contributed by atoms with van der Waals surface area (Å²) in [6.07, 6.45) is 0.935. The van der Waals surface area contributed by atoms with E-state index in [2.05, 4.69) is 26.2 Å². The van der Waals surface area contributed by atoms with Crippen LogP contribution in [0.25, 0.3) is 0 Å². The molecule has 0 saturated carbocycles. The second-order valence-corrected chi connectivity index (χ2v) is 4.20. The van der Waals surface area contributed by atoms with Gasteiger partial charge in [-0.25, -0.2) is 0 Å². The van der Waals surface area contributed by atoms with Crippen LogP contribution >= 0.6 is 15.9 Å². The number of aromatic nitrogens is 1. The molecular weight excluding hydrogens is 276 g/mol. The normalized spacial score (nSPS) is 14.2. The number of hydrogen-bond acceptors (Lipinski definition) is 4. The number of carbonyl (C=O) groups excluding carboxylic acids is 1. The molecule has 0 bridgehead atoms. The van der Waals surface area contributed by atoms with Crippen molar-refractivity contribution in [2.75, 3.05) is 6.54 Å². The zero-order valence-electron chi connectivity index (χ0n) is 8.72. The molecule has 2 unspecified atom stereocenters. The minimum atomic E-state index is -1.07. The van der Waals surface area contributed by atoms with Crippen molar-refractivity contribution in [3.8, 4) is 0 Å². The highest BCUT2D eigenvalue weighted by Crippen LogP contribution is 2.24. The lowest BCUT2D eigenvalue weighted by molar-refractivity contribution is -0.119. The van der Waals surface area contributed by atoms with E-state index >= 15 is 0 Å². The molecule has 0 aliphatic rings. The van der Waals surface area contributed by atoms with Crippen molar-refractivity contribution in [3.63, 3.8) is 0 Å². The Morgan fingerprint density at radius 2 is 2.31 bits per heavy atom. The van der Waals surface area contributed by atoms with Crippen molar-refractivity contribution >= 4 is 21.8 Å². The highest BCUT2D eigenvalue weighted by Gasteiger charge is 2.20. The molecule has 0 aliphatic heterocycles. The molecule has 1 aromatic heterocycles. The summed E-state index contributed by atoms with van der Waals surface area (Å²) in [6.45, 7) is 1.35. The topological polar surface area (TPSA) is 82.5 Å². The van der Waals surface area contributed by atoms with Gasteiger partial charge in [-0.15, -0.1) is 0 Å². The number of nitrogens with zero attached hydrogens (tertiary/aromatic N) is 1. The van der Waals surface area contributed by atoms with E-state index in [-0.39, 0.29) is 12.5 Å². The van der Waals surface area contributed by atoms with Gasteiger partial charge in [-0.05, 0) is 22.0 Å². The lowest BCUT2D eigenvalue weighted by Crippen LogP contribution is -2.34. The van der Waals surface area contributed by atoms with Gasteiger partial charge in [-0.3, -0.25) is 9.78 Å². The fourth-order valence-corrected chi connectivity index (χ4v) is 1.68. The average molecular weight is 289 g/mol. The van der Waals surface area contributed by atoms with E-state index in [9.17, 15) is 15.0 Å². The average Bonchev–Trinajstić information content (AvgIpc) is 2.25. The summed E-state index contributed by atoms with van der Waals surface area (Å²) in [4.78, 5) is 14.5. The van der Waals surface area contributed by atoms with Crippen LogP contribution in [0.1, 0.15) is 18.6 Å². The molecule has 0 fully saturated rings. The number of nitrogens with one attached hydrogen (secondary N) is 1. The van der Waals surface area contributed by atoms with Crippen LogP contribution in [-0.2, 0) is 4.79 Å². The van der Waals surface area contributed by atoms with Crippen LogP contribution in [0.15, 0.2) is 22.9 Å². The largest absolute Gasteiger partial charge is 0.388 e. The summed E-state index contributed by atoms with van der Waals surface area (Å²) in [5.41, 5.74) is 0.535. The molecule has 0 aromatic carbocycles. The van der Waals surface area contributed by atoms with Gasteiger partial charge in [0.1, 0.15) is 12.2 Å². The molecule has 6 heteroatoms. The third-order valence-electron chi connectivity index (χ3n) is 2.05. The SMILES string of the molecule is CC(=O)NCC(O)C(O)c1ccncc1Br. The standard InChI is InChI=1S/C10H13BrN2O3/c1-6(14)13-5-9(15)10(16)7-2-3-12-4-8(7)11/h2-4,9-10,15-16H,5H2,1H3,(H,13,14). The van der Waals surface area contributed by atoms with E-state index in [4.69, 9.17) is 0 Å². The number of amides is 1. The van der Waals surface area contributed by atoms with E-state index in [0.717, 1.165) is 0 Å². The molecule has 1 rings (SSSR count). The number of rotatable bonds is 4. The molecule has 3 N–H and O–H groups in total. The molecule has 16 heavy (non-hydrogen) atoms. The van der Waals surface area contributed by atoms with Gasteiger partial charge in [0, 0.05) is 35.9 Å². The maximum atomic E-state index is 10.7. The summed E-state index contributed by atoms with van der Waals surface area (Å²) in [6, 6.07) is 1.60. The summed E-state index contributed by atoms with van der Waals surface area (Å²) in [7, 11) is 0. The Balaban J connectivity index is 2.66. The van der Waals surface area contributed by atoms with Crippen molar-refractivity contribution in [3.05, 3.63) is 28.5 Å². The van der Waals surface area contributed by atoms with Gasteiger partial charge >= 0.3 is 0 Å². The van der Waals surface area contributed by atoms with Gasteiger partial charge in [0.2, 0.25) is 5.91 Å². The van der Waals surface area contributed by atoms with Gasteiger partial charge in [0.25, 0.3) is 0 Å². The number of aliphatic hydroxyl groups is 2. The predicted octanol–water partition coefficient (Wildman–Crippen LogP) is 0.374. The first-order valence-corrected chi connectivity index (χ1v) is 5.51. The van der Waals surface area contributed by atoms with Gasteiger partial charge < -0.3 is 15.5 Å². The molecule has 2 atom stereocenters. The fraction of sp³-hybridized carbons (Fsp3) is 0.400. The Morgan fingerprint density at radius 3 is 2.88 bits per heavy atom. The maximum absolute atomic E-state index is 10.7. The highest BCUT2D eigenvalue weighted by atomic mass is 79.9. The third-order valence-corrected chi connectivity index (χ3v) is 2.71. The lowest BCUT2D eigenvalue weighted by Gasteiger charge is -2.19. The van der Waals surface area contributed by atoms with Gasteiger partial charge in [-0.2, -0.15) is 0 Å². The van der Waals surface area contributed by atoms with Crippen LogP contribution in [0, 0.1) is 0 Å². The Morgan fingerprint density at radius 1 is 1.62 bits per heavy atom. The molecule has 0 aliphatic carbocycles. The summed E-state index contributed by atoms with van der Waals surface area (Å²) in [5.74, 6) is -0.250. The monoisotopic (exact) mass is 288 g/mol. The van der Waals surface area contributed by atoms with Crippen LogP contribution in [-0.4, -0.2) is 33.8 Å².